The minimum absolute atomic E-state index is 0.171. The number of carbonyl (C=O) groups is 2. The van der Waals surface area contributed by atoms with Crippen LogP contribution in [0.5, 0.6) is 5.75 Å². The third kappa shape index (κ3) is 6.86. The van der Waals surface area contributed by atoms with Crippen molar-refractivity contribution < 1.29 is 19.5 Å². The highest BCUT2D eigenvalue weighted by Gasteiger charge is 2.16. The van der Waals surface area contributed by atoms with Gasteiger partial charge in [-0.1, -0.05) is 12.1 Å². The van der Waals surface area contributed by atoms with Gasteiger partial charge in [0.15, 0.2) is 0 Å². The van der Waals surface area contributed by atoms with E-state index in [2.05, 4.69) is 27.1 Å². The minimum Gasteiger partial charge on any atom is -0.492 e. The highest BCUT2D eigenvalue weighted by Crippen LogP contribution is 2.27. The molecule has 35 heavy (non-hydrogen) atoms. The fraction of sp³-hybridized carbons (Fsp3) is 0.320. The molecule has 1 fully saturated rings. The van der Waals surface area contributed by atoms with Crippen molar-refractivity contribution >= 4 is 23.2 Å². The Morgan fingerprint density at radius 2 is 1.66 bits per heavy atom. The molecule has 184 valence electrons. The number of piperazine rings is 1. The molecule has 4 rings (SSSR count). The summed E-state index contributed by atoms with van der Waals surface area (Å²) in [6.07, 6.45) is 1.91. The Morgan fingerprint density at radius 3 is 2.34 bits per heavy atom. The minimum atomic E-state index is -0.587. The number of hydrogen-bond donors (Lipinski definition) is 3. The number of hydrogen-bond acceptors (Lipinski definition) is 8. The maximum absolute atomic E-state index is 12.5. The number of ether oxygens (including phenoxy) is 1. The number of nitrogens with one attached hydrogen (secondary N) is 2. The molecule has 1 aliphatic heterocycles. The first-order valence-corrected chi connectivity index (χ1v) is 12.2. The van der Waals surface area contributed by atoms with Crippen LogP contribution in [-0.4, -0.2) is 78.2 Å². The number of benzene rings is 2. The quantitative estimate of drug-likeness (QED) is 0.238. The molecule has 3 N–H and O–H groups in total. The lowest BCUT2D eigenvalue weighted by Gasteiger charge is -2.31. The molecule has 0 radical (unpaired) electrons. The number of nitrogens with zero attached hydrogens (tertiary/aromatic N) is 3. The Hall–Kier alpha value is -3.31. The van der Waals surface area contributed by atoms with Gasteiger partial charge in [0.05, 0.1) is 18.0 Å². The predicted octanol–water partition coefficient (Wildman–Crippen LogP) is 2.49. The number of hydroxylamine groups is 1. The van der Waals surface area contributed by atoms with Gasteiger partial charge in [-0.2, -0.15) is 0 Å². The maximum atomic E-state index is 12.5. The van der Waals surface area contributed by atoms with Crippen molar-refractivity contribution in [1.82, 2.24) is 25.6 Å². The lowest BCUT2D eigenvalue weighted by Crippen LogP contribution is -2.43. The molecule has 1 saturated heterocycles. The monoisotopic (exact) mass is 495 g/mol. The molecule has 0 unspecified atom stereocenters. The van der Waals surface area contributed by atoms with Crippen molar-refractivity contribution in [2.75, 3.05) is 46.4 Å². The summed E-state index contributed by atoms with van der Waals surface area (Å²) in [4.78, 5) is 34.2. The summed E-state index contributed by atoms with van der Waals surface area (Å²) in [7, 11) is 2.15. The average Bonchev–Trinajstić information content (AvgIpc) is 3.36. The van der Waals surface area contributed by atoms with Crippen LogP contribution >= 0.6 is 11.3 Å². The van der Waals surface area contributed by atoms with Crippen LogP contribution in [0.15, 0.2) is 54.7 Å². The standard InChI is InChI=1S/C25H29N5O4S/c1-29-11-13-30(14-12-29)17-23-27-16-22(35-23)18-2-4-19(5-3-18)24(31)26-10-15-34-21-8-6-20(7-9-21)25(32)28-33/h2-9,16,33H,10-15,17H2,1H3,(H,26,31)(H,28,32). The van der Waals surface area contributed by atoms with Crippen molar-refractivity contribution in [2.24, 2.45) is 0 Å². The van der Waals surface area contributed by atoms with Crippen LogP contribution in [0, 0.1) is 0 Å². The van der Waals surface area contributed by atoms with Gasteiger partial charge >= 0.3 is 0 Å². The molecule has 2 heterocycles. The summed E-state index contributed by atoms with van der Waals surface area (Å²) in [5.74, 6) is -0.193. The van der Waals surface area contributed by atoms with E-state index in [1.807, 2.05) is 30.5 Å². The number of thiazole rings is 1. The molecule has 0 saturated carbocycles. The largest absolute Gasteiger partial charge is 0.492 e. The van der Waals surface area contributed by atoms with Gasteiger partial charge in [0.25, 0.3) is 11.8 Å². The molecule has 9 nitrogen and oxygen atoms in total. The summed E-state index contributed by atoms with van der Waals surface area (Å²) in [5, 5.41) is 12.6. The zero-order valence-corrected chi connectivity index (χ0v) is 20.4. The zero-order chi connectivity index (χ0) is 24.6. The van der Waals surface area contributed by atoms with Crippen molar-refractivity contribution in [3.05, 3.63) is 70.9 Å². The number of carbonyl (C=O) groups excluding carboxylic acids is 2. The predicted molar refractivity (Wildman–Crippen MR) is 134 cm³/mol. The van der Waals surface area contributed by atoms with Crippen molar-refractivity contribution in [1.29, 1.82) is 0 Å². The topological polar surface area (TPSA) is 107 Å². The molecule has 10 heteroatoms. The highest BCUT2D eigenvalue weighted by atomic mass is 32.1. The van der Waals surface area contributed by atoms with Crippen molar-refractivity contribution in [2.45, 2.75) is 6.54 Å². The van der Waals surface area contributed by atoms with Crippen LogP contribution in [-0.2, 0) is 6.54 Å². The smallest absolute Gasteiger partial charge is 0.274 e. The van der Waals surface area contributed by atoms with E-state index in [1.54, 1.807) is 41.1 Å². The van der Waals surface area contributed by atoms with Crippen molar-refractivity contribution in [3.8, 4) is 16.2 Å². The normalized spacial score (nSPS) is 14.5. The second kappa shape index (κ2) is 11.9. The van der Waals surface area contributed by atoms with Gasteiger partial charge in [-0.15, -0.1) is 11.3 Å². The molecule has 2 aromatic carbocycles. The molecule has 0 bridgehead atoms. The lowest BCUT2D eigenvalue weighted by atomic mass is 10.1. The number of rotatable bonds is 9. The number of aromatic nitrogens is 1. The van der Waals surface area contributed by atoms with E-state index in [9.17, 15) is 9.59 Å². The summed E-state index contributed by atoms with van der Waals surface area (Å²) in [6.45, 7) is 5.81. The van der Waals surface area contributed by atoms with E-state index in [1.165, 1.54) is 0 Å². The van der Waals surface area contributed by atoms with Gasteiger partial charge in [0.2, 0.25) is 0 Å². The SMILES string of the molecule is CN1CCN(Cc2ncc(-c3ccc(C(=O)NCCOc4ccc(C(=O)NO)cc4)cc3)s2)CC1. The zero-order valence-electron chi connectivity index (χ0n) is 19.6. The Labute approximate surface area is 208 Å². The Bertz CT molecular complexity index is 1130. The van der Waals surface area contributed by atoms with Crippen LogP contribution in [0.4, 0.5) is 0 Å². The Balaban J connectivity index is 1.22. The van der Waals surface area contributed by atoms with Crippen LogP contribution in [0.1, 0.15) is 25.7 Å². The van der Waals surface area contributed by atoms with Gasteiger partial charge in [-0.25, -0.2) is 10.5 Å². The van der Waals surface area contributed by atoms with E-state index in [0.717, 1.165) is 48.2 Å². The number of likely N-dealkylation sites (N-methyl/N-ethyl adjacent to an activating group) is 1. The first kappa shape index (κ1) is 24.8. The average molecular weight is 496 g/mol. The van der Waals surface area contributed by atoms with E-state index in [-0.39, 0.29) is 12.5 Å². The second-order valence-electron chi connectivity index (χ2n) is 8.34. The fourth-order valence-corrected chi connectivity index (χ4v) is 4.67. The molecule has 1 aromatic heterocycles. The van der Waals surface area contributed by atoms with Crippen LogP contribution in [0.25, 0.3) is 10.4 Å². The number of amides is 2. The van der Waals surface area contributed by atoms with E-state index < -0.39 is 5.91 Å². The summed E-state index contributed by atoms with van der Waals surface area (Å²) in [5.41, 5.74) is 3.52. The summed E-state index contributed by atoms with van der Waals surface area (Å²) >= 11 is 1.70. The maximum Gasteiger partial charge on any atom is 0.274 e. The fourth-order valence-electron chi connectivity index (χ4n) is 3.70. The molecule has 3 aromatic rings. The van der Waals surface area contributed by atoms with Crippen molar-refractivity contribution in [3.63, 3.8) is 0 Å². The molecule has 0 spiro atoms. The van der Waals surface area contributed by atoms with Gasteiger partial charge < -0.3 is 15.0 Å². The van der Waals surface area contributed by atoms with E-state index in [4.69, 9.17) is 9.94 Å². The van der Waals surface area contributed by atoms with Crippen LogP contribution in [0.3, 0.4) is 0 Å². The molecule has 1 aliphatic rings. The Morgan fingerprint density at radius 1 is 1.00 bits per heavy atom. The second-order valence-corrected chi connectivity index (χ2v) is 9.46. The third-order valence-electron chi connectivity index (χ3n) is 5.81. The molecule has 0 atom stereocenters. The Kier molecular flexibility index (Phi) is 8.43. The van der Waals surface area contributed by atoms with Gasteiger partial charge in [0.1, 0.15) is 17.4 Å². The molecular weight excluding hydrogens is 466 g/mol. The van der Waals surface area contributed by atoms with Gasteiger partial charge in [0, 0.05) is 43.5 Å². The molecule has 0 aliphatic carbocycles. The first-order valence-electron chi connectivity index (χ1n) is 11.4. The van der Waals surface area contributed by atoms with Crippen LogP contribution < -0.4 is 15.5 Å². The van der Waals surface area contributed by atoms with E-state index in [0.29, 0.717) is 23.4 Å². The van der Waals surface area contributed by atoms with E-state index >= 15 is 0 Å². The summed E-state index contributed by atoms with van der Waals surface area (Å²) in [6, 6.07) is 13.9. The highest BCUT2D eigenvalue weighted by molar-refractivity contribution is 7.15. The van der Waals surface area contributed by atoms with Crippen LogP contribution in [0.2, 0.25) is 0 Å². The third-order valence-corrected chi connectivity index (χ3v) is 6.85. The molecular formula is C25H29N5O4S. The van der Waals surface area contributed by atoms with Gasteiger partial charge in [-0.3, -0.25) is 19.7 Å². The first-order chi connectivity index (χ1) is 17.0. The lowest BCUT2D eigenvalue weighted by molar-refractivity contribution is 0.0706. The summed E-state index contributed by atoms with van der Waals surface area (Å²) < 4.78 is 5.58. The van der Waals surface area contributed by atoms with Gasteiger partial charge in [-0.05, 0) is 49.0 Å². The molecule has 2 amide bonds.